The predicted molar refractivity (Wildman–Crippen MR) is 75.2 cm³/mol. The van der Waals surface area contributed by atoms with Crippen LogP contribution in [-0.4, -0.2) is 21.4 Å². The van der Waals surface area contributed by atoms with Crippen molar-refractivity contribution in [2.24, 2.45) is 0 Å². The molecule has 4 rings (SSSR count). The van der Waals surface area contributed by atoms with Crippen molar-refractivity contribution >= 4 is 10.8 Å². The van der Waals surface area contributed by atoms with E-state index < -0.39 is 0 Å². The molecule has 1 saturated carbocycles. The molecule has 20 heavy (non-hydrogen) atoms. The third-order valence-electron chi connectivity index (χ3n) is 3.93. The molecule has 4 heteroatoms. The smallest absolute Gasteiger partial charge is 0.230 e. The standard InChI is InChI=1S/C16H14N2O2/c19-12-8-11(9-12)16-17-15(18-20-16)14-7-3-5-10-4-1-2-6-13(10)14/h1-7,11-12,19H,8-9H2. The van der Waals surface area contributed by atoms with E-state index in [0.717, 1.165) is 29.2 Å². The highest BCUT2D eigenvalue weighted by Crippen LogP contribution is 2.37. The third kappa shape index (κ3) is 1.80. The second-order valence-corrected chi connectivity index (χ2v) is 5.31. The first-order chi connectivity index (χ1) is 9.81. The van der Waals surface area contributed by atoms with Crippen LogP contribution in [0.15, 0.2) is 47.0 Å². The van der Waals surface area contributed by atoms with Gasteiger partial charge in [0.2, 0.25) is 11.7 Å². The molecule has 0 saturated heterocycles. The number of fused-ring (bicyclic) bond motifs is 1. The molecule has 1 fully saturated rings. The first-order valence-corrected chi connectivity index (χ1v) is 6.81. The van der Waals surface area contributed by atoms with Crippen LogP contribution in [0.25, 0.3) is 22.2 Å². The first-order valence-electron chi connectivity index (χ1n) is 6.81. The van der Waals surface area contributed by atoms with E-state index in [-0.39, 0.29) is 12.0 Å². The molecule has 0 radical (unpaired) electrons. The number of aliphatic hydroxyl groups excluding tert-OH is 1. The van der Waals surface area contributed by atoms with Gasteiger partial charge in [-0.25, -0.2) is 0 Å². The van der Waals surface area contributed by atoms with Gasteiger partial charge >= 0.3 is 0 Å². The van der Waals surface area contributed by atoms with Crippen LogP contribution in [0, 0.1) is 0 Å². The predicted octanol–water partition coefficient (Wildman–Crippen LogP) is 3.13. The molecule has 4 nitrogen and oxygen atoms in total. The number of aromatic nitrogens is 2. The molecule has 0 amide bonds. The molecule has 2 aromatic carbocycles. The average Bonchev–Trinajstić information content (AvgIpc) is 2.92. The Bertz CT molecular complexity index is 755. The summed E-state index contributed by atoms with van der Waals surface area (Å²) in [5.41, 5.74) is 0.984. The summed E-state index contributed by atoms with van der Waals surface area (Å²) < 4.78 is 5.35. The lowest BCUT2D eigenvalue weighted by molar-refractivity contribution is 0.0625. The van der Waals surface area contributed by atoms with E-state index in [1.54, 1.807) is 0 Å². The van der Waals surface area contributed by atoms with Crippen molar-refractivity contribution in [2.75, 3.05) is 0 Å². The van der Waals surface area contributed by atoms with Crippen LogP contribution in [0.4, 0.5) is 0 Å². The summed E-state index contributed by atoms with van der Waals surface area (Å²) in [5, 5.41) is 15.7. The van der Waals surface area contributed by atoms with E-state index >= 15 is 0 Å². The quantitative estimate of drug-likeness (QED) is 0.774. The molecule has 1 aliphatic rings. The van der Waals surface area contributed by atoms with Gasteiger partial charge in [0.15, 0.2) is 0 Å². The van der Waals surface area contributed by atoms with Crippen LogP contribution in [0.2, 0.25) is 0 Å². The summed E-state index contributed by atoms with van der Waals surface area (Å²) in [4.78, 5) is 4.50. The van der Waals surface area contributed by atoms with Gasteiger partial charge in [0, 0.05) is 11.5 Å². The number of rotatable bonds is 2. The van der Waals surface area contributed by atoms with E-state index in [1.165, 1.54) is 0 Å². The fourth-order valence-corrected chi connectivity index (χ4v) is 2.72. The Labute approximate surface area is 116 Å². The Hall–Kier alpha value is -2.20. The highest BCUT2D eigenvalue weighted by atomic mass is 16.5. The molecule has 1 aromatic heterocycles. The zero-order valence-electron chi connectivity index (χ0n) is 10.9. The minimum Gasteiger partial charge on any atom is -0.393 e. The van der Waals surface area contributed by atoms with Gasteiger partial charge in [0.1, 0.15) is 0 Å². The lowest BCUT2D eigenvalue weighted by Gasteiger charge is -2.27. The van der Waals surface area contributed by atoms with Gasteiger partial charge in [-0.05, 0) is 23.6 Å². The topological polar surface area (TPSA) is 59.2 Å². The largest absolute Gasteiger partial charge is 0.393 e. The van der Waals surface area contributed by atoms with Crippen molar-refractivity contribution in [1.29, 1.82) is 0 Å². The van der Waals surface area contributed by atoms with Crippen LogP contribution in [-0.2, 0) is 0 Å². The molecule has 1 heterocycles. The molecular weight excluding hydrogens is 252 g/mol. The SMILES string of the molecule is OC1CC(c2nc(-c3cccc4ccccc34)no2)C1. The van der Waals surface area contributed by atoms with Crippen molar-refractivity contribution in [1.82, 2.24) is 10.1 Å². The zero-order valence-corrected chi connectivity index (χ0v) is 10.9. The maximum Gasteiger partial charge on any atom is 0.230 e. The molecule has 0 unspecified atom stereocenters. The van der Waals surface area contributed by atoms with E-state index in [2.05, 4.69) is 28.3 Å². The monoisotopic (exact) mass is 266 g/mol. The molecule has 100 valence electrons. The third-order valence-corrected chi connectivity index (χ3v) is 3.93. The Morgan fingerprint density at radius 2 is 1.85 bits per heavy atom. The molecule has 0 spiro atoms. The van der Waals surface area contributed by atoms with Crippen LogP contribution in [0.5, 0.6) is 0 Å². The molecule has 1 aliphatic carbocycles. The maximum atomic E-state index is 9.35. The van der Waals surface area contributed by atoms with Crippen molar-refractivity contribution in [3.8, 4) is 11.4 Å². The summed E-state index contributed by atoms with van der Waals surface area (Å²) in [5.74, 6) is 1.47. The van der Waals surface area contributed by atoms with Crippen LogP contribution >= 0.6 is 0 Å². The Morgan fingerprint density at radius 3 is 2.70 bits per heavy atom. The molecule has 0 aliphatic heterocycles. The van der Waals surface area contributed by atoms with Crippen LogP contribution in [0.3, 0.4) is 0 Å². The minimum atomic E-state index is -0.215. The van der Waals surface area contributed by atoms with Crippen molar-refractivity contribution in [3.63, 3.8) is 0 Å². The normalized spacial score (nSPS) is 21.9. The van der Waals surface area contributed by atoms with Crippen LogP contribution in [0.1, 0.15) is 24.7 Å². The molecule has 0 atom stereocenters. The lowest BCUT2D eigenvalue weighted by atomic mass is 9.82. The van der Waals surface area contributed by atoms with E-state index in [1.807, 2.05) is 24.3 Å². The highest BCUT2D eigenvalue weighted by Gasteiger charge is 2.33. The van der Waals surface area contributed by atoms with Gasteiger partial charge in [-0.15, -0.1) is 0 Å². The second-order valence-electron chi connectivity index (χ2n) is 5.31. The van der Waals surface area contributed by atoms with Crippen molar-refractivity contribution < 1.29 is 9.63 Å². The van der Waals surface area contributed by atoms with E-state index in [0.29, 0.717) is 11.7 Å². The summed E-state index contributed by atoms with van der Waals surface area (Å²) in [6.07, 6.45) is 1.22. The van der Waals surface area contributed by atoms with Crippen molar-refractivity contribution in [3.05, 3.63) is 48.4 Å². The fourth-order valence-electron chi connectivity index (χ4n) is 2.72. The molecule has 0 bridgehead atoms. The Morgan fingerprint density at radius 1 is 1.05 bits per heavy atom. The minimum absolute atomic E-state index is 0.209. The highest BCUT2D eigenvalue weighted by molar-refractivity contribution is 5.94. The van der Waals surface area contributed by atoms with Gasteiger partial charge in [-0.3, -0.25) is 0 Å². The van der Waals surface area contributed by atoms with Crippen LogP contribution < -0.4 is 0 Å². The first kappa shape index (κ1) is 11.6. The molecule has 3 aromatic rings. The van der Waals surface area contributed by atoms with E-state index in [9.17, 15) is 5.11 Å². The van der Waals surface area contributed by atoms with Gasteiger partial charge in [0.25, 0.3) is 0 Å². The second kappa shape index (κ2) is 4.42. The van der Waals surface area contributed by atoms with E-state index in [4.69, 9.17) is 4.52 Å². The summed E-state index contributed by atoms with van der Waals surface area (Å²) >= 11 is 0. The Kier molecular flexibility index (Phi) is 2.57. The summed E-state index contributed by atoms with van der Waals surface area (Å²) in [6, 6.07) is 14.2. The van der Waals surface area contributed by atoms with Gasteiger partial charge in [0.05, 0.1) is 6.10 Å². The number of nitrogens with zero attached hydrogens (tertiary/aromatic N) is 2. The zero-order chi connectivity index (χ0) is 13.5. The lowest BCUT2D eigenvalue weighted by Crippen LogP contribution is -2.26. The van der Waals surface area contributed by atoms with Gasteiger partial charge in [-0.1, -0.05) is 47.6 Å². The van der Waals surface area contributed by atoms with Gasteiger partial charge in [-0.2, -0.15) is 4.98 Å². The average molecular weight is 266 g/mol. The number of aliphatic hydroxyl groups is 1. The van der Waals surface area contributed by atoms with Gasteiger partial charge < -0.3 is 9.63 Å². The maximum absolute atomic E-state index is 9.35. The number of benzene rings is 2. The fraction of sp³-hybridized carbons (Fsp3) is 0.250. The summed E-state index contributed by atoms with van der Waals surface area (Å²) in [6.45, 7) is 0. The Balaban J connectivity index is 1.76. The number of hydrogen-bond donors (Lipinski definition) is 1. The number of hydrogen-bond acceptors (Lipinski definition) is 4. The van der Waals surface area contributed by atoms with Crippen molar-refractivity contribution in [2.45, 2.75) is 24.9 Å². The summed E-state index contributed by atoms with van der Waals surface area (Å²) in [7, 11) is 0. The molecule has 1 N–H and O–H groups in total. The molecular formula is C16H14N2O2.